The van der Waals surface area contributed by atoms with E-state index in [2.05, 4.69) is 40.0 Å². The lowest BCUT2D eigenvalue weighted by atomic mass is 10.2. The maximum atomic E-state index is 4.28. The maximum absolute atomic E-state index is 4.28. The van der Waals surface area contributed by atoms with E-state index in [-0.39, 0.29) is 0 Å². The van der Waals surface area contributed by atoms with E-state index in [1.807, 2.05) is 42.6 Å². The number of hydrogen-bond acceptors (Lipinski definition) is 2. The SMILES string of the molecule is C=CCCCCn1cccc1/C=N/Nc1ccccc1. The summed E-state index contributed by atoms with van der Waals surface area (Å²) >= 11 is 0. The van der Waals surface area contributed by atoms with Gasteiger partial charge in [-0.2, -0.15) is 5.10 Å². The first-order valence-corrected chi connectivity index (χ1v) is 7.00. The number of unbranched alkanes of at least 4 members (excludes halogenated alkanes) is 2. The Kier molecular flexibility index (Phi) is 5.65. The van der Waals surface area contributed by atoms with Gasteiger partial charge in [0.15, 0.2) is 0 Å². The molecule has 0 amide bonds. The molecular formula is C17H21N3. The van der Waals surface area contributed by atoms with Crippen molar-refractivity contribution in [1.82, 2.24) is 4.57 Å². The third kappa shape index (κ3) is 4.43. The number of anilines is 1. The Morgan fingerprint density at radius 1 is 1.10 bits per heavy atom. The van der Waals surface area contributed by atoms with Gasteiger partial charge in [-0.3, -0.25) is 5.43 Å². The van der Waals surface area contributed by atoms with Gasteiger partial charge >= 0.3 is 0 Å². The van der Waals surface area contributed by atoms with Gasteiger partial charge in [0.1, 0.15) is 0 Å². The predicted molar refractivity (Wildman–Crippen MR) is 86.1 cm³/mol. The highest BCUT2D eigenvalue weighted by Crippen LogP contribution is 2.06. The Balaban J connectivity index is 1.86. The maximum Gasteiger partial charge on any atom is 0.0709 e. The van der Waals surface area contributed by atoms with Crippen LogP contribution in [0.15, 0.2) is 66.4 Å². The molecule has 0 saturated carbocycles. The number of rotatable bonds is 8. The number of hydrazone groups is 1. The molecule has 3 nitrogen and oxygen atoms in total. The number of aromatic nitrogens is 1. The second-order valence-corrected chi connectivity index (χ2v) is 4.65. The molecule has 2 aromatic rings. The average Bonchev–Trinajstić information content (AvgIpc) is 2.92. The third-order valence-electron chi connectivity index (χ3n) is 3.09. The van der Waals surface area contributed by atoms with Gasteiger partial charge in [0.2, 0.25) is 0 Å². The summed E-state index contributed by atoms with van der Waals surface area (Å²) in [6.07, 6.45) is 9.36. The highest BCUT2D eigenvalue weighted by Gasteiger charge is 1.97. The summed E-state index contributed by atoms with van der Waals surface area (Å²) in [4.78, 5) is 0. The van der Waals surface area contributed by atoms with Crippen LogP contribution in [0.25, 0.3) is 0 Å². The van der Waals surface area contributed by atoms with E-state index < -0.39 is 0 Å². The van der Waals surface area contributed by atoms with Crippen molar-refractivity contribution < 1.29 is 0 Å². The number of benzene rings is 1. The van der Waals surface area contributed by atoms with Crippen LogP contribution in [0.4, 0.5) is 5.69 Å². The Morgan fingerprint density at radius 2 is 1.95 bits per heavy atom. The molecule has 0 fully saturated rings. The standard InChI is InChI=1S/C17H21N3/c1-2-3-4-8-13-20-14-9-12-17(20)15-18-19-16-10-6-5-7-11-16/h2,5-7,9-12,14-15,19H,1,3-4,8,13H2/b18-15+. The Hall–Kier alpha value is -2.29. The van der Waals surface area contributed by atoms with Crippen LogP contribution in [-0.2, 0) is 6.54 Å². The molecule has 0 aliphatic rings. The van der Waals surface area contributed by atoms with Crippen molar-refractivity contribution in [2.75, 3.05) is 5.43 Å². The zero-order chi connectivity index (χ0) is 14.0. The summed E-state index contributed by atoms with van der Waals surface area (Å²) in [5, 5.41) is 4.28. The number of nitrogens with one attached hydrogen (secondary N) is 1. The van der Waals surface area contributed by atoms with Gasteiger partial charge in [-0.25, -0.2) is 0 Å². The van der Waals surface area contributed by atoms with Crippen molar-refractivity contribution in [2.45, 2.75) is 25.8 Å². The predicted octanol–water partition coefficient (Wildman–Crippen LogP) is 4.29. The van der Waals surface area contributed by atoms with Crippen molar-refractivity contribution >= 4 is 11.9 Å². The van der Waals surface area contributed by atoms with Gasteiger partial charge in [0, 0.05) is 12.7 Å². The summed E-state index contributed by atoms with van der Waals surface area (Å²) in [6, 6.07) is 14.1. The van der Waals surface area contributed by atoms with Gasteiger partial charge in [-0.15, -0.1) is 6.58 Å². The number of hydrogen-bond donors (Lipinski definition) is 1. The van der Waals surface area contributed by atoms with E-state index in [9.17, 15) is 0 Å². The molecule has 0 aliphatic carbocycles. The Bertz CT molecular complexity index is 540. The van der Waals surface area contributed by atoms with Crippen molar-refractivity contribution in [3.8, 4) is 0 Å². The van der Waals surface area contributed by atoms with E-state index in [1.54, 1.807) is 0 Å². The van der Waals surface area contributed by atoms with E-state index >= 15 is 0 Å². The van der Waals surface area contributed by atoms with Crippen molar-refractivity contribution in [3.63, 3.8) is 0 Å². The van der Waals surface area contributed by atoms with Crippen LogP contribution in [-0.4, -0.2) is 10.8 Å². The molecule has 1 N–H and O–H groups in total. The van der Waals surface area contributed by atoms with E-state index in [1.165, 1.54) is 6.42 Å². The first-order valence-electron chi connectivity index (χ1n) is 7.00. The quantitative estimate of drug-likeness (QED) is 0.329. The van der Waals surface area contributed by atoms with Gasteiger partial charge < -0.3 is 4.57 Å². The molecule has 1 aromatic heterocycles. The molecule has 0 atom stereocenters. The van der Waals surface area contributed by atoms with Gasteiger partial charge in [-0.1, -0.05) is 24.3 Å². The van der Waals surface area contributed by atoms with E-state index in [4.69, 9.17) is 0 Å². The van der Waals surface area contributed by atoms with Crippen LogP contribution >= 0.6 is 0 Å². The highest BCUT2D eigenvalue weighted by atomic mass is 15.3. The minimum atomic E-state index is 0.993. The number of nitrogens with zero attached hydrogens (tertiary/aromatic N) is 2. The summed E-state index contributed by atoms with van der Waals surface area (Å²) < 4.78 is 2.22. The summed E-state index contributed by atoms with van der Waals surface area (Å²) in [5.74, 6) is 0. The highest BCUT2D eigenvalue weighted by molar-refractivity contribution is 5.78. The molecule has 3 heteroatoms. The van der Waals surface area contributed by atoms with Crippen LogP contribution in [0.3, 0.4) is 0 Å². The fourth-order valence-electron chi connectivity index (χ4n) is 2.00. The lowest BCUT2D eigenvalue weighted by Gasteiger charge is -2.05. The molecule has 0 spiro atoms. The minimum Gasteiger partial charge on any atom is -0.347 e. The average molecular weight is 267 g/mol. The molecule has 20 heavy (non-hydrogen) atoms. The van der Waals surface area contributed by atoms with E-state index in [0.29, 0.717) is 0 Å². The summed E-state index contributed by atoms with van der Waals surface area (Å²) in [7, 11) is 0. The molecule has 0 radical (unpaired) electrons. The molecule has 2 rings (SSSR count). The third-order valence-corrected chi connectivity index (χ3v) is 3.09. The molecule has 1 aromatic carbocycles. The van der Waals surface area contributed by atoms with Crippen LogP contribution in [0.1, 0.15) is 25.0 Å². The fraction of sp³-hybridized carbons (Fsp3) is 0.235. The first-order chi connectivity index (χ1) is 9.90. The van der Waals surface area contributed by atoms with Gasteiger partial charge in [0.05, 0.1) is 17.6 Å². The van der Waals surface area contributed by atoms with E-state index in [0.717, 1.165) is 30.8 Å². The monoisotopic (exact) mass is 267 g/mol. The molecule has 104 valence electrons. The molecule has 0 unspecified atom stereocenters. The summed E-state index contributed by atoms with van der Waals surface area (Å²) in [5.41, 5.74) is 5.14. The van der Waals surface area contributed by atoms with Crippen LogP contribution in [0.5, 0.6) is 0 Å². The Morgan fingerprint density at radius 3 is 2.75 bits per heavy atom. The summed E-state index contributed by atoms with van der Waals surface area (Å²) in [6.45, 7) is 4.77. The molecule has 0 aliphatic heterocycles. The lowest BCUT2D eigenvalue weighted by molar-refractivity contribution is 0.614. The van der Waals surface area contributed by atoms with Crippen molar-refractivity contribution in [1.29, 1.82) is 0 Å². The largest absolute Gasteiger partial charge is 0.347 e. The number of aryl methyl sites for hydroxylation is 1. The lowest BCUT2D eigenvalue weighted by Crippen LogP contribution is -2.02. The van der Waals surface area contributed by atoms with Crippen molar-refractivity contribution in [3.05, 3.63) is 67.0 Å². The number of allylic oxidation sites excluding steroid dienone is 1. The zero-order valence-electron chi connectivity index (χ0n) is 11.7. The first kappa shape index (κ1) is 14.1. The second kappa shape index (κ2) is 8.00. The Labute approximate surface area is 120 Å². The molecule has 1 heterocycles. The molecule has 0 saturated heterocycles. The van der Waals surface area contributed by atoms with Crippen LogP contribution < -0.4 is 5.43 Å². The normalized spacial score (nSPS) is 10.8. The van der Waals surface area contributed by atoms with Gasteiger partial charge in [0.25, 0.3) is 0 Å². The molecular weight excluding hydrogens is 246 g/mol. The van der Waals surface area contributed by atoms with Gasteiger partial charge in [-0.05, 0) is 43.5 Å². The number of para-hydroxylation sites is 1. The topological polar surface area (TPSA) is 29.3 Å². The minimum absolute atomic E-state index is 0.993. The zero-order valence-corrected chi connectivity index (χ0v) is 11.7. The van der Waals surface area contributed by atoms with Crippen molar-refractivity contribution in [2.24, 2.45) is 5.10 Å². The smallest absolute Gasteiger partial charge is 0.0709 e. The van der Waals surface area contributed by atoms with Crippen LogP contribution in [0.2, 0.25) is 0 Å². The fourth-order valence-corrected chi connectivity index (χ4v) is 2.00. The second-order valence-electron chi connectivity index (χ2n) is 4.65. The van der Waals surface area contributed by atoms with Crippen LogP contribution in [0, 0.1) is 0 Å². The molecule has 0 bridgehead atoms.